The molecule has 7 nitrogen and oxygen atoms in total. The molecule has 12 aromatic carbocycles. The molecule has 0 atom stereocenters. The van der Waals surface area contributed by atoms with E-state index in [2.05, 4.69) is 352 Å². The fourth-order valence-corrected chi connectivity index (χ4v) is 15.7. The first kappa shape index (κ1) is 57.6. The number of benzene rings is 12. The summed E-state index contributed by atoms with van der Waals surface area (Å²) in [6.45, 7) is 17.5. The predicted molar refractivity (Wildman–Crippen MR) is 408 cm³/mol. The van der Waals surface area contributed by atoms with Crippen molar-refractivity contribution in [1.82, 2.24) is 28.2 Å². The highest BCUT2D eigenvalue weighted by Crippen LogP contribution is 2.52. The van der Waals surface area contributed by atoms with Gasteiger partial charge >= 0.3 is 0 Å². The van der Waals surface area contributed by atoms with Crippen LogP contribution in [0, 0.1) is 55.4 Å². The van der Waals surface area contributed by atoms with Gasteiger partial charge in [0.1, 0.15) is 11.4 Å². The first-order valence-corrected chi connectivity index (χ1v) is 33.6. The van der Waals surface area contributed by atoms with E-state index in [-0.39, 0.29) is 0 Å². The number of pyridine rings is 2. The van der Waals surface area contributed by atoms with Gasteiger partial charge in [0.2, 0.25) is 0 Å². The van der Waals surface area contributed by atoms with Gasteiger partial charge in [-0.25, -0.2) is 4.98 Å². The molecular weight excluding hydrogens is 1180 g/mol. The zero-order chi connectivity index (χ0) is 65.5. The molecule has 0 saturated heterocycles. The summed E-state index contributed by atoms with van der Waals surface area (Å²) in [6, 6.07) is 102. The second-order valence-corrected chi connectivity index (χ2v) is 26.7. The molecule has 18 rings (SSSR count). The standard InChI is InChI=1S/C90H69N7/c1-54-27-40-79-71(47-54)72-48-55(2)28-41-80(72)94(79)87-86(70-25-16-15-23-68(70)67-39-33-60(7)91-61(67)8)88(95-81-42-29-56(3)49-73(81)74-50-57(4)30-43-82(74)95)90(97-83-44-31-58(5)51-75(83)76-52-59(6)32-45-84(76)97)92-89(87)96-78-26-18-17-24-69(78)77-53-63(36-46-85(77)96)62-34-37-66(38-35-62)93(64-19-11-9-12-20-64)65-21-13-10-14-22-65/h9-53H,1-8H3. The van der Waals surface area contributed by atoms with Crippen molar-refractivity contribution in [2.24, 2.45) is 0 Å². The maximum Gasteiger partial charge on any atom is 0.165 e. The normalized spacial score (nSPS) is 11.9. The van der Waals surface area contributed by atoms with Crippen molar-refractivity contribution in [3.8, 4) is 56.4 Å². The third-order valence-corrected chi connectivity index (χ3v) is 20.1. The smallest absolute Gasteiger partial charge is 0.165 e. The van der Waals surface area contributed by atoms with Crippen LogP contribution < -0.4 is 4.90 Å². The molecule has 0 unspecified atom stereocenters. The largest absolute Gasteiger partial charge is 0.311 e. The Morgan fingerprint density at radius 3 is 1.04 bits per heavy atom. The van der Waals surface area contributed by atoms with Crippen molar-refractivity contribution < 1.29 is 0 Å². The SMILES string of the molecule is Cc1ccc2c(c1)c1cc(C)ccc1n2-c1nc(-n2c3ccccc3c3cc(-c4ccc(N(c5ccccc5)c5ccccc5)cc4)ccc32)c(-n2c3ccc(C)cc3c3cc(C)ccc32)c(-c2ccccc2-c2ccc(C)nc2C)c1-n1c2ccc(C)cc2c2cc(C)ccc21. The number of hydrogen-bond donors (Lipinski definition) is 0. The summed E-state index contributed by atoms with van der Waals surface area (Å²) in [7, 11) is 0. The maximum atomic E-state index is 6.65. The molecule has 0 N–H and O–H groups in total. The zero-order valence-electron chi connectivity index (χ0n) is 55.6. The molecule has 0 aliphatic rings. The van der Waals surface area contributed by atoms with Gasteiger partial charge in [-0.3, -0.25) is 14.1 Å². The summed E-state index contributed by atoms with van der Waals surface area (Å²) < 4.78 is 10.1. The molecule has 0 amide bonds. The van der Waals surface area contributed by atoms with Crippen molar-refractivity contribution in [3.05, 3.63) is 318 Å². The molecule has 0 spiro atoms. The van der Waals surface area contributed by atoms with Crippen molar-refractivity contribution in [2.45, 2.75) is 55.4 Å². The number of nitrogens with zero attached hydrogens (tertiary/aromatic N) is 7. The van der Waals surface area contributed by atoms with E-state index in [0.29, 0.717) is 0 Å². The van der Waals surface area contributed by atoms with Crippen LogP contribution in [0.4, 0.5) is 17.1 Å². The Hall–Kier alpha value is -12.1. The number of rotatable bonds is 10. The lowest BCUT2D eigenvalue weighted by molar-refractivity contribution is 0.961. The van der Waals surface area contributed by atoms with E-state index in [0.717, 1.165) is 140 Å². The molecule has 464 valence electrons. The first-order valence-electron chi connectivity index (χ1n) is 33.6. The van der Waals surface area contributed by atoms with Gasteiger partial charge in [-0.1, -0.05) is 173 Å². The summed E-state index contributed by atoms with van der Waals surface area (Å²) >= 11 is 0. The van der Waals surface area contributed by atoms with Crippen molar-refractivity contribution >= 4 is 104 Å². The van der Waals surface area contributed by atoms with Crippen molar-refractivity contribution in [1.29, 1.82) is 0 Å². The van der Waals surface area contributed by atoms with E-state index in [4.69, 9.17) is 9.97 Å². The molecule has 0 fully saturated rings. The molecule has 0 radical (unpaired) electrons. The predicted octanol–water partition coefficient (Wildman–Crippen LogP) is 23.8. The average Bonchev–Trinajstić information content (AvgIpc) is 1.54. The van der Waals surface area contributed by atoms with Gasteiger partial charge in [0.15, 0.2) is 11.6 Å². The van der Waals surface area contributed by atoms with Crippen molar-refractivity contribution in [3.63, 3.8) is 0 Å². The molecule has 6 aromatic heterocycles. The molecule has 0 bridgehead atoms. The molecule has 0 aliphatic heterocycles. The van der Waals surface area contributed by atoms with Crippen LogP contribution in [-0.4, -0.2) is 28.2 Å². The monoisotopic (exact) mass is 1250 g/mol. The van der Waals surface area contributed by atoms with E-state index in [9.17, 15) is 0 Å². The minimum Gasteiger partial charge on any atom is -0.311 e. The Morgan fingerprint density at radius 1 is 0.247 bits per heavy atom. The second-order valence-electron chi connectivity index (χ2n) is 26.7. The van der Waals surface area contributed by atoms with Gasteiger partial charge in [-0.05, 0) is 211 Å². The summed E-state index contributed by atoms with van der Waals surface area (Å²) in [4.78, 5) is 14.2. The Morgan fingerprint density at radius 2 is 0.598 bits per heavy atom. The third kappa shape index (κ3) is 9.17. The summed E-state index contributed by atoms with van der Waals surface area (Å²) in [5.74, 6) is 1.58. The first-order chi connectivity index (χ1) is 47.4. The molecule has 0 saturated carbocycles. The van der Waals surface area contributed by atoms with Crippen LogP contribution >= 0.6 is 0 Å². The van der Waals surface area contributed by atoms with Crippen LogP contribution in [0.1, 0.15) is 44.8 Å². The summed E-state index contributed by atoms with van der Waals surface area (Å²) in [6.07, 6.45) is 0. The highest BCUT2D eigenvalue weighted by Gasteiger charge is 2.34. The van der Waals surface area contributed by atoms with Gasteiger partial charge in [0, 0.05) is 82.7 Å². The minimum atomic E-state index is 0.786. The molecule has 7 heteroatoms. The summed E-state index contributed by atoms with van der Waals surface area (Å²) in [5.41, 5.74) is 29.3. The van der Waals surface area contributed by atoms with Gasteiger partial charge < -0.3 is 14.0 Å². The quantitative estimate of drug-likeness (QED) is 0.137. The Bertz CT molecular complexity index is 6060. The van der Waals surface area contributed by atoms with Gasteiger partial charge in [-0.2, -0.15) is 0 Å². The van der Waals surface area contributed by atoms with Gasteiger partial charge in [-0.15, -0.1) is 0 Å². The van der Waals surface area contributed by atoms with E-state index in [1.54, 1.807) is 0 Å². The van der Waals surface area contributed by atoms with E-state index >= 15 is 0 Å². The maximum absolute atomic E-state index is 6.65. The van der Waals surface area contributed by atoms with Crippen LogP contribution in [0.15, 0.2) is 273 Å². The van der Waals surface area contributed by atoms with Crippen LogP contribution in [0.3, 0.4) is 0 Å². The highest BCUT2D eigenvalue weighted by molar-refractivity contribution is 6.17. The number of aromatic nitrogens is 6. The number of hydrogen-bond acceptors (Lipinski definition) is 3. The van der Waals surface area contributed by atoms with Crippen molar-refractivity contribution in [2.75, 3.05) is 4.90 Å². The van der Waals surface area contributed by atoms with Crippen LogP contribution in [0.5, 0.6) is 0 Å². The number of fused-ring (bicyclic) bond motifs is 12. The molecule has 6 heterocycles. The number of para-hydroxylation sites is 3. The van der Waals surface area contributed by atoms with Crippen LogP contribution in [-0.2, 0) is 0 Å². The van der Waals surface area contributed by atoms with E-state index < -0.39 is 0 Å². The van der Waals surface area contributed by atoms with Crippen LogP contribution in [0.2, 0.25) is 0 Å². The number of anilines is 3. The fraction of sp³-hybridized carbons (Fsp3) is 0.0889. The Labute approximate surface area is 563 Å². The van der Waals surface area contributed by atoms with E-state index in [1.807, 2.05) is 0 Å². The third-order valence-electron chi connectivity index (χ3n) is 20.1. The van der Waals surface area contributed by atoms with Gasteiger partial charge in [0.25, 0.3) is 0 Å². The molecule has 18 aromatic rings. The molecule has 0 aliphatic carbocycles. The fourth-order valence-electron chi connectivity index (χ4n) is 15.7. The lowest BCUT2D eigenvalue weighted by Gasteiger charge is -2.28. The minimum absolute atomic E-state index is 0.786. The van der Waals surface area contributed by atoms with Crippen LogP contribution in [0.25, 0.3) is 144 Å². The molecular formula is C90H69N7. The Balaban J connectivity index is 1.05. The highest BCUT2D eigenvalue weighted by atomic mass is 15.2. The lowest BCUT2D eigenvalue weighted by Crippen LogP contribution is -2.16. The lowest BCUT2D eigenvalue weighted by atomic mass is 9.91. The summed E-state index contributed by atoms with van der Waals surface area (Å²) in [5, 5.41) is 9.32. The average molecular weight is 1250 g/mol. The topological polar surface area (TPSA) is 48.7 Å². The zero-order valence-corrected chi connectivity index (χ0v) is 55.6. The Kier molecular flexibility index (Phi) is 13.2. The number of aryl methyl sites for hydroxylation is 8. The van der Waals surface area contributed by atoms with Gasteiger partial charge in [0.05, 0.1) is 44.1 Å². The van der Waals surface area contributed by atoms with E-state index in [1.165, 1.54) is 65.7 Å². The second kappa shape index (κ2) is 22.3. The molecule has 97 heavy (non-hydrogen) atoms.